The second-order valence-corrected chi connectivity index (χ2v) is 9.34. The first-order chi connectivity index (χ1) is 16.8. The Morgan fingerprint density at radius 1 is 1.00 bits per heavy atom. The third kappa shape index (κ3) is 6.12. The van der Waals surface area contributed by atoms with Crippen LogP contribution >= 0.6 is 0 Å². The van der Waals surface area contributed by atoms with E-state index in [1.165, 1.54) is 26.7 Å². The van der Waals surface area contributed by atoms with Crippen molar-refractivity contribution in [2.45, 2.75) is 64.5 Å². The maximum atomic E-state index is 12.9. The molecule has 1 unspecified atom stereocenters. The number of likely N-dealkylation sites (tertiary alicyclic amines) is 1. The highest BCUT2D eigenvalue weighted by atomic mass is 16.5. The van der Waals surface area contributed by atoms with Crippen molar-refractivity contribution >= 4 is 29.1 Å². The van der Waals surface area contributed by atoms with E-state index in [2.05, 4.69) is 10.6 Å². The fourth-order valence-corrected chi connectivity index (χ4v) is 4.88. The highest BCUT2D eigenvalue weighted by molar-refractivity contribution is 5.93. The van der Waals surface area contributed by atoms with Gasteiger partial charge >= 0.3 is 0 Å². The van der Waals surface area contributed by atoms with Gasteiger partial charge in [-0.15, -0.1) is 0 Å². The molecule has 2 aromatic rings. The van der Waals surface area contributed by atoms with Crippen LogP contribution in [0.3, 0.4) is 0 Å². The number of ether oxygens (including phenoxy) is 2. The fourth-order valence-electron chi connectivity index (χ4n) is 4.88. The van der Waals surface area contributed by atoms with Gasteiger partial charge < -0.3 is 25.0 Å². The zero-order chi connectivity index (χ0) is 24.9. The van der Waals surface area contributed by atoms with Gasteiger partial charge in [0.1, 0.15) is 0 Å². The Kier molecular flexibility index (Phi) is 7.58. The largest absolute Gasteiger partial charge is 0.493 e. The van der Waals surface area contributed by atoms with Gasteiger partial charge in [0.2, 0.25) is 17.7 Å². The molecule has 35 heavy (non-hydrogen) atoms. The van der Waals surface area contributed by atoms with E-state index in [9.17, 15) is 14.4 Å². The number of hydrogen-bond donors (Lipinski definition) is 2. The summed E-state index contributed by atoms with van der Waals surface area (Å²) in [7, 11) is 1.64. The molecule has 0 aromatic heterocycles. The number of nitrogens with one attached hydrogen (secondary N) is 2. The molecule has 2 aliphatic rings. The maximum Gasteiger partial charge on any atom is 0.223 e. The van der Waals surface area contributed by atoms with Gasteiger partial charge in [0.05, 0.1) is 13.2 Å². The molecular weight excluding hydrogens is 446 g/mol. The zero-order valence-electron chi connectivity index (χ0n) is 20.6. The molecule has 1 aliphatic carbocycles. The van der Waals surface area contributed by atoms with E-state index in [0.717, 1.165) is 29.7 Å². The Hall–Kier alpha value is -3.55. The Labute approximate surface area is 206 Å². The monoisotopic (exact) mass is 479 g/mol. The predicted molar refractivity (Wildman–Crippen MR) is 134 cm³/mol. The number of hydrogen-bond acceptors (Lipinski definition) is 5. The van der Waals surface area contributed by atoms with E-state index < -0.39 is 0 Å². The third-order valence-corrected chi connectivity index (χ3v) is 6.57. The molecule has 0 bridgehead atoms. The lowest BCUT2D eigenvalue weighted by Gasteiger charge is -2.21. The number of rotatable bonds is 8. The quantitative estimate of drug-likeness (QED) is 0.583. The van der Waals surface area contributed by atoms with Crippen LogP contribution in [0.5, 0.6) is 11.5 Å². The number of benzene rings is 2. The molecule has 1 saturated carbocycles. The first-order valence-corrected chi connectivity index (χ1v) is 12.1. The molecule has 0 spiro atoms. The van der Waals surface area contributed by atoms with Crippen LogP contribution in [0, 0.1) is 0 Å². The normalized spacial score (nSPS) is 18.0. The van der Waals surface area contributed by atoms with Gasteiger partial charge in [0.25, 0.3) is 0 Å². The van der Waals surface area contributed by atoms with E-state index in [4.69, 9.17) is 9.47 Å². The summed E-state index contributed by atoms with van der Waals surface area (Å²) in [5.41, 5.74) is 3.03. The summed E-state index contributed by atoms with van der Waals surface area (Å²) in [4.78, 5) is 37.9. The first kappa shape index (κ1) is 24.6. The second kappa shape index (κ2) is 10.8. The van der Waals surface area contributed by atoms with Crippen molar-refractivity contribution in [2.24, 2.45) is 0 Å². The van der Waals surface area contributed by atoms with E-state index in [1.54, 1.807) is 19.2 Å². The molecule has 1 heterocycles. The van der Waals surface area contributed by atoms with Crippen LogP contribution in [0.2, 0.25) is 0 Å². The molecule has 1 atom stereocenters. The van der Waals surface area contributed by atoms with Crippen molar-refractivity contribution in [3.63, 3.8) is 0 Å². The summed E-state index contributed by atoms with van der Waals surface area (Å²) in [6.45, 7) is 3.80. The SMILES string of the molecule is COc1ccc(C2CC(=O)N(Cc3ccc(NC(C)=O)cc3NC(C)=O)C2)cc1OC1CCCC1. The van der Waals surface area contributed by atoms with Gasteiger partial charge in [-0.25, -0.2) is 0 Å². The Bertz CT molecular complexity index is 1110. The molecule has 8 heteroatoms. The number of anilines is 2. The minimum absolute atomic E-state index is 0.0437. The van der Waals surface area contributed by atoms with Gasteiger partial charge in [-0.3, -0.25) is 14.4 Å². The topological polar surface area (TPSA) is 97.0 Å². The van der Waals surface area contributed by atoms with Gasteiger partial charge in [-0.1, -0.05) is 12.1 Å². The summed E-state index contributed by atoms with van der Waals surface area (Å²) in [5.74, 6) is 1.14. The van der Waals surface area contributed by atoms with Gasteiger partial charge in [-0.2, -0.15) is 0 Å². The molecule has 2 aromatic carbocycles. The zero-order valence-corrected chi connectivity index (χ0v) is 20.6. The molecular formula is C27H33N3O5. The minimum atomic E-state index is -0.218. The molecule has 1 aliphatic heterocycles. The van der Waals surface area contributed by atoms with E-state index in [-0.39, 0.29) is 29.7 Å². The third-order valence-electron chi connectivity index (χ3n) is 6.57. The lowest BCUT2D eigenvalue weighted by Crippen LogP contribution is -2.25. The molecule has 0 radical (unpaired) electrons. The van der Waals surface area contributed by atoms with Crippen molar-refractivity contribution in [3.8, 4) is 11.5 Å². The fraction of sp³-hybridized carbons (Fsp3) is 0.444. The van der Waals surface area contributed by atoms with Crippen LogP contribution in [0.15, 0.2) is 36.4 Å². The van der Waals surface area contributed by atoms with Crippen molar-refractivity contribution < 1.29 is 23.9 Å². The molecule has 186 valence electrons. The van der Waals surface area contributed by atoms with Crippen LogP contribution in [0.1, 0.15) is 63.0 Å². The van der Waals surface area contributed by atoms with Crippen LogP contribution in [0.4, 0.5) is 11.4 Å². The summed E-state index contributed by atoms with van der Waals surface area (Å²) in [5, 5.41) is 5.54. The summed E-state index contributed by atoms with van der Waals surface area (Å²) in [6, 6.07) is 11.3. The highest BCUT2D eigenvalue weighted by Gasteiger charge is 2.32. The average molecular weight is 480 g/mol. The summed E-state index contributed by atoms with van der Waals surface area (Å²) >= 11 is 0. The van der Waals surface area contributed by atoms with E-state index in [1.807, 2.05) is 29.2 Å². The number of methoxy groups -OCH3 is 1. The van der Waals surface area contributed by atoms with Crippen LogP contribution < -0.4 is 20.1 Å². The Morgan fingerprint density at radius 3 is 2.43 bits per heavy atom. The van der Waals surface area contributed by atoms with Crippen molar-refractivity contribution in [1.29, 1.82) is 0 Å². The number of nitrogens with zero attached hydrogens (tertiary/aromatic N) is 1. The van der Waals surface area contributed by atoms with Crippen molar-refractivity contribution in [1.82, 2.24) is 4.90 Å². The Balaban J connectivity index is 1.50. The van der Waals surface area contributed by atoms with Crippen LogP contribution in [-0.4, -0.2) is 42.4 Å². The summed E-state index contributed by atoms with van der Waals surface area (Å²) in [6.07, 6.45) is 5.11. The molecule has 2 N–H and O–H groups in total. The number of amides is 3. The van der Waals surface area contributed by atoms with Gasteiger partial charge in [0.15, 0.2) is 11.5 Å². The van der Waals surface area contributed by atoms with Crippen LogP contribution in [0.25, 0.3) is 0 Å². The van der Waals surface area contributed by atoms with Crippen LogP contribution in [-0.2, 0) is 20.9 Å². The molecule has 2 fully saturated rings. The summed E-state index contributed by atoms with van der Waals surface area (Å²) < 4.78 is 11.8. The average Bonchev–Trinajstić information content (AvgIpc) is 3.44. The molecule has 3 amide bonds. The second-order valence-electron chi connectivity index (χ2n) is 9.34. The number of carbonyl (C=O) groups excluding carboxylic acids is 3. The lowest BCUT2D eigenvalue weighted by atomic mass is 9.98. The Morgan fingerprint density at radius 2 is 1.74 bits per heavy atom. The highest BCUT2D eigenvalue weighted by Crippen LogP contribution is 2.37. The predicted octanol–water partition coefficient (Wildman–Crippen LogP) is 4.45. The number of carbonyl (C=O) groups is 3. The van der Waals surface area contributed by atoms with Gasteiger partial charge in [-0.05, 0) is 61.1 Å². The van der Waals surface area contributed by atoms with E-state index in [0.29, 0.717) is 36.6 Å². The minimum Gasteiger partial charge on any atom is -0.493 e. The molecule has 4 rings (SSSR count). The standard InChI is InChI=1S/C27H33N3O5/c1-17(31)28-22-10-8-20(24(14-22)29-18(2)32)15-30-16-21(13-27(30)33)19-9-11-25(34-3)26(12-19)35-23-6-4-5-7-23/h8-12,14,21,23H,4-7,13,15-16H2,1-3H3,(H,28,31)(H,29,32). The molecule has 1 saturated heterocycles. The van der Waals surface area contributed by atoms with E-state index >= 15 is 0 Å². The van der Waals surface area contributed by atoms with Gasteiger partial charge in [0, 0.05) is 50.7 Å². The maximum absolute atomic E-state index is 12.9. The van der Waals surface area contributed by atoms with Crippen molar-refractivity contribution in [3.05, 3.63) is 47.5 Å². The lowest BCUT2D eigenvalue weighted by molar-refractivity contribution is -0.128. The molecule has 8 nitrogen and oxygen atoms in total. The first-order valence-electron chi connectivity index (χ1n) is 12.1. The smallest absolute Gasteiger partial charge is 0.223 e. The van der Waals surface area contributed by atoms with Crippen molar-refractivity contribution in [2.75, 3.05) is 24.3 Å².